The molecule has 0 unspecified atom stereocenters. The molecule has 80 valence electrons. The highest BCUT2D eigenvalue weighted by molar-refractivity contribution is 9.09. The second kappa shape index (κ2) is 10.4. The van der Waals surface area contributed by atoms with Gasteiger partial charge in [-0.05, 0) is 13.5 Å². The van der Waals surface area contributed by atoms with Gasteiger partial charge in [-0.1, -0.05) is 15.9 Å². The number of hydrogen-bond donors (Lipinski definition) is 0. The van der Waals surface area contributed by atoms with E-state index in [1.165, 1.54) is 0 Å². The fourth-order valence-electron chi connectivity index (χ4n) is 0.884. The largest absolute Gasteiger partial charge is 0.385 e. The van der Waals surface area contributed by atoms with Crippen molar-refractivity contribution < 1.29 is 9.47 Å². The van der Waals surface area contributed by atoms with Crippen molar-refractivity contribution in [2.45, 2.75) is 6.42 Å². The summed E-state index contributed by atoms with van der Waals surface area (Å²) in [4.78, 5) is 2.24. The lowest BCUT2D eigenvalue weighted by Gasteiger charge is -2.14. The summed E-state index contributed by atoms with van der Waals surface area (Å²) in [6.45, 7) is 4.47. The Morgan fingerprint density at radius 3 is 2.54 bits per heavy atom. The van der Waals surface area contributed by atoms with Gasteiger partial charge in [-0.25, -0.2) is 0 Å². The SMILES string of the molecule is COCCCOCCN(C)CCBr. The van der Waals surface area contributed by atoms with E-state index in [0.29, 0.717) is 0 Å². The predicted octanol–water partition coefficient (Wildman–Crippen LogP) is 1.37. The van der Waals surface area contributed by atoms with E-state index in [1.54, 1.807) is 7.11 Å². The third kappa shape index (κ3) is 10.3. The fraction of sp³-hybridized carbons (Fsp3) is 1.00. The van der Waals surface area contributed by atoms with Gasteiger partial charge in [0.2, 0.25) is 0 Å². The lowest BCUT2D eigenvalue weighted by molar-refractivity contribution is 0.0899. The van der Waals surface area contributed by atoms with Crippen LogP contribution in [0.3, 0.4) is 0 Å². The van der Waals surface area contributed by atoms with Gasteiger partial charge in [0, 0.05) is 38.7 Å². The molecule has 0 saturated heterocycles. The molecule has 0 spiro atoms. The van der Waals surface area contributed by atoms with E-state index in [0.717, 1.165) is 44.7 Å². The number of hydrogen-bond acceptors (Lipinski definition) is 3. The zero-order chi connectivity index (χ0) is 9.94. The van der Waals surface area contributed by atoms with Gasteiger partial charge < -0.3 is 14.4 Å². The average molecular weight is 254 g/mol. The molecule has 0 heterocycles. The van der Waals surface area contributed by atoms with Crippen LogP contribution in [0.25, 0.3) is 0 Å². The minimum Gasteiger partial charge on any atom is -0.385 e. The van der Waals surface area contributed by atoms with Gasteiger partial charge in [-0.15, -0.1) is 0 Å². The van der Waals surface area contributed by atoms with E-state index in [1.807, 2.05) is 0 Å². The maximum Gasteiger partial charge on any atom is 0.0593 e. The second-order valence-corrected chi connectivity index (χ2v) is 3.74. The maximum absolute atomic E-state index is 5.42. The Morgan fingerprint density at radius 2 is 1.92 bits per heavy atom. The number of nitrogens with zero attached hydrogens (tertiary/aromatic N) is 1. The van der Waals surface area contributed by atoms with Gasteiger partial charge >= 0.3 is 0 Å². The first-order valence-corrected chi connectivity index (χ1v) is 5.74. The van der Waals surface area contributed by atoms with E-state index >= 15 is 0 Å². The van der Waals surface area contributed by atoms with Crippen LogP contribution in [0, 0.1) is 0 Å². The quantitative estimate of drug-likeness (QED) is 0.458. The molecule has 0 bridgehead atoms. The number of methoxy groups -OCH3 is 1. The van der Waals surface area contributed by atoms with Gasteiger partial charge in [-0.3, -0.25) is 0 Å². The molecule has 0 N–H and O–H groups in total. The highest BCUT2D eigenvalue weighted by Gasteiger charge is 1.95. The molecule has 0 atom stereocenters. The zero-order valence-corrected chi connectivity index (χ0v) is 10.2. The Labute approximate surface area is 89.5 Å². The molecule has 4 heteroatoms. The molecule has 0 rings (SSSR count). The summed E-state index contributed by atoms with van der Waals surface area (Å²) in [6, 6.07) is 0. The van der Waals surface area contributed by atoms with E-state index in [9.17, 15) is 0 Å². The molecule has 0 aliphatic heterocycles. The molecule has 0 aliphatic carbocycles. The Bertz CT molecular complexity index is 104. The van der Waals surface area contributed by atoms with Gasteiger partial charge in [0.25, 0.3) is 0 Å². The third-order valence-corrected chi connectivity index (χ3v) is 2.08. The van der Waals surface area contributed by atoms with Crippen LogP contribution in [0.2, 0.25) is 0 Å². The van der Waals surface area contributed by atoms with Crippen molar-refractivity contribution in [3.05, 3.63) is 0 Å². The molecular weight excluding hydrogens is 234 g/mol. The first kappa shape index (κ1) is 13.4. The fourth-order valence-corrected chi connectivity index (χ4v) is 1.49. The van der Waals surface area contributed by atoms with Crippen LogP contribution in [0.4, 0.5) is 0 Å². The molecule has 0 amide bonds. The molecule has 13 heavy (non-hydrogen) atoms. The molecule has 0 aromatic rings. The highest BCUT2D eigenvalue weighted by Crippen LogP contribution is 1.88. The van der Waals surface area contributed by atoms with Gasteiger partial charge in [0.15, 0.2) is 0 Å². The summed E-state index contributed by atoms with van der Waals surface area (Å²) in [6.07, 6.45) is 0.985. The second-order valence-electron chi connectivity index (χ2n) is 2.95. The Morgan fingerprint density at radius 1 is 1.15 bits per heavy atom. The van der Waals surface area contributed by atoms with Crippen LogP contribution in [0.5, 0.6) is 0 Å². The van der Waals surface area contributed by atoms with Gasteiger partial charge in [-0.2, -0.15) is 0 Å². The van der Waals surface area contributed by atoms with Crippen molar-refractivity contribution in [1.82, 2.24) is 4.90 Å². The predicted molar refractivity (Wildman–Crippen MR) is 58.6 cm³/mol. The Hall–Kier alpha value is 0.360. The maximum atomic E-state index is 5.42. The van der Waals surface area contributed by atoms with Crippen LogP contribution in [-0.2, 0) is 9.47 Å². The Kier molecular flexibility index (Phi) is 10.7. The first-order valence-electron chi connectivity index (χ1n) is 4.62. The summed E-state index contributed by atoms with van der Waals surface area (Å²) in [5.74, 6) is 0. The number of rotatable bonds is 9. The van der Waals surface area contributed by atoms with Crippen molar-refractivity contribution in [3.63, 3.8) is 0 Å². The van der Waals surface area contributed by atoms with Crippen LogP contribution >= 0.6 is 15.9 Å². The lowest BCUT2D eigenvalue weighted by Crippen LogP contribution is -2.25. The molecule has 0 saturated carbocycles. The molecule has 0 fully saturated rings. The van der Waals surface area contributed by atoms with Crippen molar-refractivity contribution in [2.75, 3.05) is 52.4 Å². The summed E-state index contributed by atoms with van der Waals surface area (Å²) in [5, 5.41) is 1.02. The molecular formula is C9H20BrNO2. The average Bonchev–Trinajstić information content (AvgIpc) is 2.11. The number of alkyl halides is 1. The zero-order valence-electron chi connectivity index (χ0n) is 8.59. The summed E-state index contributed by atoms with van der Waals surface area (Å²) < 4.78 is 10.3. The minimum absolute atomic E-state index is 0.789. The minimum atomic E-state index is 0.789. The van der Waals surface area contributed by atoms with E-state index in [2.05, 4.69) is 27.9 Å². The Balaban J connectivity index is 2.97. The normalized spacial score (nSPS) is 11.1. The van der Waals surface area contributed by atoms with Crippen LogP contribution in [0.1, 0.15) is 6.42 Å². The monoisotopic (exact) mass is 253 g/mol. The van der Waals surface area contributed by atoms with E-state index < -0.39 is 0 Å². The smallest absolute Gasteiger partial charge is 0.0593 e. The summed E-state index contributed by atoms with van der Waals surface area (Å²) >= 11 is 3.39. The molecule has 0 radical (unpaired) electrons. The topological polar surface area (TPSA) is 21.7 Å². The van der Waals surface area contributed by atoms with Crippen LogP contribution in [-0.4, -0.2) is 57.3 Å². The van der Waals surface area contributed by atoms with Gasteiger partial charge in [0.1, 0.15) is 0 Å². The highest BCUT2D eigenvalue weighted by atomic mass is 79.9. The lowest BCUT2D eigenvalue weighted by atomic mass is 10.5. The van der Waals surface area contributed by atoms with E-state index in [-0.39, 0.29) is 0 Å². The first-order chi connectivity index (χ1) is 6.31. The molecule has 0 aromatic carbocycles. The van der Waals surface area contributed by atoms with Gasteiger partial charge in [0.05, 0.1) is 6.61 Å². The van der Waals surface area contributed by atoms with Crippen molar-refractivity contribution in [1.29, 1.82) is 0 Å². The van der Waals surface area contributed by atoms with Crippen molar-refractivity contribution >= 4 is 15.9 Å². The van der Waals surface area contributed by atoms with Crippen LogP contribution in [0.15, 0.2) is 0 Å². The number of halogens is 1. The third-order valence-electron chi connectivity index (χ3n) is 1.72. The molecule has 0 aliphatic rings. The van der Waals surface area contributed by atoms with E-state index in [4.69, 9.17) is 9.47 Å². The van der Waals surface area contributed by atoms with Crippen molar-refractivity contribution in [3.8, 4) is 0 Å². The van der Waals surface area contributed by atoms with Crippen molar-refractivity contribution in [2.24, 2.45) is 0 Å². The summed E-state index contributed by atoms with van der Waals surface area (Å²) in [7, 11) is 3.81. The van der Waals surface area contributed by atoms with Crippen LogP contribution < -0.4 is 0 Å². The number of ether oxygens (including phenoxy) is 2. The molecule has 0 aromatic heterocycles. The standard InChI is InChI=1S/C9H20BrNO2/c1-11(5-4-10)6-9-13-8-3-7-12-2/h3-9H2,1-2H3. The molecule has 3 nitrogen and oxygen atoms in total. The number of likely N-dealkylation sites (N-methyl/N-ethyl adjacent to an activating group) is 1. The summed E-state index contributed by atoms with van der Waals surface area (Å²) in [5.41, 5.74) is 0.